The molecule has 2 rings (SSSR count). The molecule has 1 amide bonds. The normalized spacial score (nSPS) is 22.1. The van der Waals surface area contributed by atoms with Crippen molar-refractivity contribution in [3.63, 3.8) is 0 Å². The van der Waals surface area contributed by atoms with Gasteiger partial charge in [-0.05, 0) is 44.0 Å². The average molecular weight is 354 g/mol. The SMILES string of the molecule is CC(=O)N(C)c1ccc(S(=O)(=O)N2CC(C(=O)O)CCC2C)cc1. The van der Waals surface area contributed by atoms with E-state index in [9.17, 15) is 18.0 Å². The van der Waals surface area contributed by atoms with E-state index in [4.69, 9.17) is 5.11 Å². The van der Waals surface area contributed by atoms with Crippen LogP contribution >= 0.6 is 0 Å². The Hall–Kier alpha value is -1.93. The highest BCUT2D eigenvalue weighted by Gasteiger charge is 2.37. The van der Waals surface area contributed by atoms with Gasteiger partial charge in [-0.2, -0.15) is 4.31 Å². The van der Waals surface area contributed by atoms with Crippen LogP contribution in [0.3, 0.4) is 0 Å². The third-order valence-electron chi connectivity index (χ3n) is 4.48. The zero-order valence-electron chi connectivity index (χ0n) is 14.0. The minimum absolute atomic E-state index is 0.0199. The van der Waals surface area contributed by atoms with Gasteiger partial charge in [0.2, 0.25) is 15.9 Å². The molecule has 132 valence electrons. The van der Waals surface area contributed by atoms with Gasteiger partial charge in [0.05, 0.1) is 10.8 Å². The molecule has 0 aliphatic carbocycles. The van der Waals surface area contributed by atoms with Gasteiger partial charge in [-0.1, -0.05) is 0 Å². The van der Waals surface area contributed by atoms with Crippen molar-refractivity contribution in [1.29, 1.82) is 0 Å². The first-order valence-corrected chi connectivity index (χ1v) is 9.17. The number of anilines is 1. The van der Waals surface area contributed by atoms with Crippen LogP contribution in [0.2, 0.25) is 0 Å². The number of hydrogen-bond acceptors (Lipinski definition) is 4. The molecule has 24 heavy (non-hydrogen) atoms. The van der Waals surface area contributed by atoms with Gasteiger partial charge in [-0.25, -0.2) is 8.42 Å². The van der Waals surface area contributed by atoms with Crippen LogP contribution in [0.25, 0.3) is 0 Å². The van der Waals surface area contributed by atoms with Gasteiger partial charge in [-0.3, -0.25) is 9.59 Å². The molecule has 0 saturated carbocycles. The highest BCUT2D eigenvalue weighted by molar-refractivity contribution is 7.89. The minimum atomic E-state index is -3.77. The Balaban J connectivity index is 2.29. The molecule has 0 radical (unpaired) electrons. The Kier molecular flexibility index (Phi) is 5.29. The molecular formula is C16H22N2O5S. The van der Waals surface area contributed by atoms with Gasteiger partial charge in [-0.15, -0.1) is 0 Å². The van der Waals surface area contributed by atoms with Gasteiger partial charge >= 0.3 is 5.97 Å². The number of piperidine rings is 1. The van der Waals surface area contributed by atoms with E-state index in [2.05, 4.69) is 0 Å². The zero-order chi connectivity index (χ0) is 18.1. The molecule has 1 aliphatic rings. The van der Waals surface area contributed by atoms with E-state index < -0.39 is 21.9 Å². The molecule has 7 nitrogen and oxygen atoms in total. The largest absolute Gasteiger partial charge is 0.481 e. The first kappa shape index (κ1) is 18.4. The zero-order valence-corrected chi connectivity index (χ0v) is 14.8. The lowest BCUT2D eigenvalue weighted by molar-refractivity contribution is -0.143. The molecular weight excluding hydrogens is 332 g/mol. The number of nitrogens with zero attached hydrogens (tertiary/aromatic N) is 2. The molecule has 8 heteroatoms. The van der Waals surface area contributed by atoms with E-state index in [0.29, 0.717) is 18.5 Å². The quantitative estimate of drug-likeness (QED) is 0.885. The molecule has 0 aromatic heterocycles. The number of carbonyl (C=O) groups excluding carboxylic acids is 1. The molecule has 1 N–H and O–H groups in total. The van der Waals surface area contributed by atoms with Crippen LogP contribution < -0.4 is 4.90 Å². The molecule has 1 heterocycles. The lowest BCUT2D eigenvalue weighted by atomic mass is 9.96. The summed E-state index contributed by atoms with van der Waals surface area (Å²) < 4.78 is 26.9. The van der Waals surface area contributed by atoms with Crippen molar-refractivity contribution in [1.82, 2.24) is 4.31 Å². The summed E-state index contributed by atoms with van der Waals surface area (Å²) in [4.78, 5) is 24.1. The topological polar surface area (TPSA) is 95.0 Å². The second kappa shape index (κ2) is 6.90. The number of aliphatic carboxylic acids is 1. The average Bonchev–Trinajstić information content (AvgIpc) is 2.54. The van der Waals surface area contributed by atoms with Gasteiger partial charge in [0.25, 0.3) is 0 Å². The second-order valence-corrected chi connectivity index (χ2v) is 8.00. The van der Waals surface area contributed by atoms with Crippen molar-refractivity contribution >= 4 is 27.6 Å². The summed E-state index contributed by atoms with van der Waals surface area (Å²) in [5, 5.41) is 9.17. The number of benzene rings is 1. The van der Waals surface area contributed by atoms with E-state index in [1.165, 1.54) is 28.3 Å². The minimum Gasteiger partial charge on any atom is -0.481 e. The van der Waals surface area contributed by atoms with Gasteiger partial charge in [0.15, 0.2) is 0 Å². The van der Waals surface area contributed by atoms with Crippen molar-refractivity contribution in [2.75, 3.05) is 18.5 Å². The Morgan fingerprint density at radius 1 is 1.21 bits per heavy atom. The number of carboxylic acids is 1. The van der Waals surface area contributed by atoms with Crippen molar-refractivity contribution in [2.45, 2.75) is 37.6 Å². The lowest BCUT2D eigenvalue weighted by Crippen LogP contribution is -2.47. The molecule has 1 saturated heterocycles. The van der Waals surface area contributed by atoms with Crippen LogP contribution in [0.5, 0.6) is 0 Å². The number of carboxylic acid groups (broad SMARTS) is 1. The number of rotatable bonds is 4. The van der Waals surface area contributed by atoms with Crippen LogP contribution in [0.4, 0.5) is 5.69 Å². The highest BCUT2D eigenvalue weighted by atomic mass is 32.2. The Morgan fingerprint density at radius 2 is 1.79 bits per heavy atom. The summed E-state index contributed by atoms with van der Waals surface area (Å²) in [6.45, 7) is 3.19. The highest BCUT2D eigenvalue weighted by Crippen LogP contribution is 2.29. The Morgan fingerprint density at radius 3 is 2.29 bits per heavy atom. The maximum absolute atomic E-state index is 12.8. The molecule has 1 aliphatic heterocycles. The summed E-state index contributed by atoms with van der Waals surface area (Å²) in [6.07, 6.45) is 0.992. The van der Waals surface area contributed by atoms with Crippen LogP contribution in [0, 0.1) is 5.92 Å². The van der Waals surface area contributed by atoms with Crippen LogP contribution in [-0.2, 0) is 19.6 Å². The van der Waals surface area contributed by atoms with E-state index in [1.807, 2.05) is 0 Å². The maximum Gasteiger partial charge on any atom is 0.307 e. The van der Waals surface area contributed by atoms with Crippen molar-refractivity contribution in [3.05, 3.63) is 24.3 Å². The number of hydrogen-bond donors (Lipinski definition) is 1. The van der Waals surface area contributed by atoms with Crippen LogP contribution in [-0.4, -0.2) is 49.3 Å². The van der Waals surface area contributed by atoms with Gasteiger partial charge in [0, 0.05) is 32.2 Å². The molecule has 1 fully saturated rings. The molecule has 1 aromatic carbocycles. The Labute approximate surface area is 141 Å². The van der Waals surface area contributed by atoms with Crippen LogP contribution in [0.15, 0.2) is 29.2 Å². The van der Waals surface area contributed by atoms with Crippen molar-refractivity contribution < 1.29 is 23.1 Å². The second-order valence-electron chi connectivity index (χ2n) is 6.11. The van der Waals surface area contributed by atoms with Crippen LogP contribution in [0.1, 0.15) is 26.7 Å². The maximum atomic E-state index is 12.8. The molecule has 2 atom stereocenters. The molecule has 2 unspecified atom stereocenters. The third-order valence-corrected chi connectivity index (χ3v) is 6.47. The first-order chi connectivity index (χ1) is 11.1. The summed E-state index contributed by atoms with van der Waals surface area (Å²) in [5.41, 5.74) is 0.594. The molecule has 0 bridgehead atoms. The number of sulfonamides is 1. The fourth-order valence-corrected chi connectivity index (χ4v) is 4.48. The van der Waals surface area contributed by atoms with Gasteiger partial charge in [0.1, 0.15) is 0 Å². The first-order valence-electron chi connectivity index (χ1n) is 7.73. The van der Waals surface area contributed by atoms with E-state index in [-0.39, 0.29) is 23.4 Å². The predicted octanol–water partition coefficient (Wildman–Crippen LogP) is 1.54. The monoisotopic (exact) mass is 354 g/mol. The Bertz CT molecular complexity index is 729. The number of carbonyl (C=O) groups is 2. The summed E-state index contributed by atoms with van der Waals surface area (Å²) in [5.74, 6) is -1.81. The third kappa shape index (κ3) is 3.59. The summed E-state index contributed by atoms with van der Waals surface area (Å²) in [6, 6.07) is 5.78. The lowest BCUT2D eigenvalue weighted by Gasteiger charge is -2.35. The molecule has 1 aromatic rings. The molecule has 0 spiro atoms. The number of amides is 1. The fourth-order valence-electron chi connectivity index (χ4n) is 2.77. The summed E-state index contributed by atoms with van der Waals surface area (Å²) >= 11 is 0. The predicted molar refractivity (Wildman–Crippen MR) is 89.2 cm³/mol. The van der Waals surface area contributed by atoms with E-state index >= 15 is 0 Å². The van der Waals surface area contributed by atoms with E-state index in [0.717, 1.165) is 0 Å². The summed E-state index contributed by atoms with van der Waals surface area (Å²) in [7, 11) is -2.17. The smallest absolute Gasteiger partial charge is 0.307 e. The van der Waals surface area contributed by atoms with E-state index in [1.54, 1.807) is 26.1 Å². The van der Waals surface area contributed by atoms with Crippen molar-refractivity contribution in [3.8, 4) is 0 Å². The fraction of sp³-hybridized carbons (Fsp3) is 0.500. The van der Waals surface area contributed by atoms with Crippen molar-refractivity contribution in [2.24, 2.45) is 5.92 Å². The standard InChI is InChI=1S/C16H22N2O5S/c1-11-4-5-13(16(20)21)10-18(11)24(22,23)15-8-6-14(7-9-15)17(3)12(2)19/h6-9,11,13H,4-5,10H2,1-3H3,(H,20,21). The van der Waals surface area contributed by atoms with Gasteiger partial charge < -0.3 is 10.0 Å².